The predicted octanol–water partition coefficient (Wildman–Crippen LogP) is 2.86. The van der Waals surface area contributed by atoms with Gasteiger partial charge in [0.25, 0.3) is 5.56 Å². The minimum absolute atomic E-state index is 0.106. The van der Waals surface area contributed by atoms with Crippen LogP contribution in [0.1, 0.15) is 26.2 Å². The molecule has 2 aromatic rings. The van der Waals surface area contributed by atoms with Crippen molar-refractivity contribution in [3.8, 4) is 0 Å². The molecular weight excluding hydrogens is 246 g/mol. The first-order valence-electron chi connectivity index (χ1n) is 6.46. The third kappa shape index (κ3) is 2.82. The monoisotopic (exact) mass is 265 g/mol. The number of aliphatic hydroxyl groups excluding tert-OH is 1. The molecule has 1 heterocycles. The van der Waals surface area contributed by atoms with E-state index in [1.54, 1.807) is 0 Å². The van der Waals surface area contributed by atoms with Gasteiger partial charge in [-0.2, -0.15) is 0 Å². The van der Waals surface area contributed by atoms with Crippen molar-refractivity contribution in [2.45, 2.75) is 32.7 Å². The molecule has 2 rings (SSSR count). The summed E-state index contributed by atoms with van der Waals surface area (Å²) in [5, 5.41) is 9.87. The first kappa shape index (κ1) is 13.3. The van der Waals surface area contributed by atoms with E-state index in [1.807, 2.05) is 28.2 Å². The topological polar surface area (TPSA) is 42.2 Å². The van der Waals surface area contributed by atoms with Crippen LogP contribution in [0.25, 0.3) is 10.1 Å². The Labute approximate surface area is 111 Å². The number of aliphatic hydroxyl groups is 1. The van der Waals surface area contributed by atoms with Crippen LogP contribution in [-0.4, -0.2) is 15.7 Å². The molecule has 0 bridgehead atoms. The van der Waals surface area contributed by atoms with Gasteiger partial charge in [-0.05, 0) is 30.9 Å². The SMILES string of the molecule is CCCC(CCO)Cn1sc2ccccc2c1=O. The molecule has 0 fully saturated rings. The molecular formula is C14H19NO2S. The minimum Gasteiger partial charge on any atom is -0.396 e. The van der Waals surface area contributed by atoms with E-state index in [9.17, 15) is 4.79 Å². The van der Waals surface area contributed by atoms with Crippen LogP contribution in [-0.2, 0) is 6.54 Å². The number of rotatable bonds is 6. The number of hydrogen-bond acceptors (Lipinski definition) is 3. The van der Waals surface area contributed by atoms with Crippen LogP contribution in [0, 0.1) is 5.92 Å². The van der Waals surface area contributed by atoms with Crippen molar-refractivity contribution in [2.24, 2.45) is 5.92 Å². The Hall–Kier alpha value is -1.13. The van der Waals surface area contributed by atoms with Crippen LogP contribution < -0.4 is 5.56 Å². The fourth-order valence-electron chi connectivity index (χ4n) is 2.29. The number of aromatic nitrogens is 1. The average Bonchev–Trinajstić information content (AvgIpc) is 2.68. The summed E-state index contributed by atoms with van der Waals surface area (Å²) in [4.78, 5) is 12.2. The highest BCUT2D eigenvalue weighted by Gasteiger charge is 2.12. The molecule has 98 valence electrons. The van der Waals surface area contributed by atoms with Gasteiger partial charge in [0.05, 0.1) is 10.1 Å². The summed E-state index contributed by atoms with van der Waals surface area (Å²) in [6.07, 6.45) is 2.92. The molecule has 0 saturated heterocycles. The van der Waals surface area contributed by atoms with Crippen molar-refractivity contribution >= 4 is 21.6 Å². The Morgan fingerprint density at radius 3 is 2.78 bits per heavy atom. The normalized spacial score (nSPS) is 13.0. The van der Waals surface area contributed by atoms with E-state index in [4.69, 9.17) is 5.11 Å². The molecule has 18 heavy (non-hydrogen) atoms. The molecule has 4 heteroatoms. The van der Waals surface area contributed by atoms with Gasteiger partial charge in [-0.1, -0.05) is 37.0 Å². The quantitative estimate of drug-likeness (QED) is 0.872. The molecule has 0 aliphatic heterocycles. The van der Waals surface area contributed by atoms with Crippen LogP contribution in [0.5, 0.6) is 0 Å². The largest absolute Gasteiger partial charge is 0.396 e. The molecule has 1 N–H and O–H groups in total. The summed E-state index contributed by atoms with van der Waals surface area (Å²) < 4.78 is 2.88. The van der Waals surface area contributed by atoms with Gasteiger partial charge in [-0.3, -0.25) is 8.75 Å². The van der Waals surface area contributed by atoms with E-state index in [1.165, 1.54) is 11.5 Å². The van der Waals surface area contributed by atoms with Gasteiger partial charge in [0.2, 0.25) is 0 Å². The fourth-order valence-corrected chi connectivity index (χ4v) is 3.39. The van der Waals surface area contributed by atoms with Crippen molar-refractivity contribution in [2.75, 3.05) is 6.61 Å². The van der Waals surface area contributed by atoms with E-state index < -0.39 is 0 Å². The van der Waals surface area contributed by atoms with Gasteiger partial charge in [0.1, 0.15) is 0 Å². The highest BCUT2D eigenvalue weighted by Crippen LogP contribution is 2.19. The first-order chi connectivity index (χ1) is 8.76. The van der Waals surface area contributed by atoms with Crippen LogP contribution in [0.3, 0.4) is 0 Å². The van der Waals surface area contributed by atoms with Crippen LogP contribution >= 0.6 is 11.5 Å². The lowest BCUT2D eigenvalue weighted by molar-refractivity contribution is 0.241. The molecule has 3 nitrogen and oxygen atoms in total. The molecule has 1 unspecified atom stereocenters. The molecule has 1 atom stereocenters. The maximum absolute atomic E-state index is 12.2. The molecule has 1 aromatic carbocycles. The summed E-state index contributed by atoms with van der Waals surface area (Å²) in [6, 6.07) is 7.72. The second-order valence-electron chi connectivity index (χ2n) is 4.62. The Balaban J connectivity index is 2.25. The van der Waals surface area contributed by atoms with Crippen molar-refractivity contribution in [3.63, 3.8) is 0 Å². The van der Waals surface area contributed by atoms with Crippen LogP contribution in [0.4, 0.5) is 0 Å². The summed E-state index contributed by atoms with van der Waals surface area (Å²) in [7, 11) is 0. The van der Waals surface area contributed by atoms with Crippen LogP contribution in [0.2, 0.25) is 0 Å². The first-order valence-corrected chi connectivity index (χ1v) is 7.23. The van der Waals surface area contributed by atoms with E-state index in [-0.39, 0.29) is 12.2 Å². The van der Waals surface area contributed by atoms with Crippen molar-refractivity contribution in [1.29, 1.82) is 0 Å². The predicted molar refractivity (Wildman–Crippen MR) is 76.2 cm³/mol. The standard InChI is InChI=1S/C14H19NO2S/c1-2-5-11(8-9-16)10-15-14(17)12-6-3-4-7-13(12)18-15/h3-4,6-7,11,16H,2,5,8-10H2,1H3. The number of hydrogen-bond donors (Lipinski definition) is 1. The summed E-state index contributed by atoms with van der Waals surface area (Å²) in [5.74, 6) is 0.394. The Kier molecular flexibility index (Phi) is 4.55. The Morgan fingerprint density at radius 1 is 1.33 bits per heavy atom. The van der Waals surface area contributed by atoms with Gasteiger partial charge in [0.15, 0.2) is 0 Å². The highest BCUT2D eigenvalue weighted by atomic mass is 32.1. The van der Waals surface area contributed by atoms with Crippen LogP contribution in [0.15, 0.2) is 29.1 Å². The van der Waals surface area contributed by atoms with Crippen molar-refractivity contribution < 1.29 is 5.11 Å². The molecule has 0 aliphatic rings. The van der Waals surface area contributed by atoms with Gasteiger partial charge < -0.3 is 5.11 Å². The zero-order valence-corrected chi connectivity index (χ0v) is 11.4. The number of nitrogens with zero attached hydrogens (tertiary/aromatic N) is 1. The summed E-state index contributed by atoms with van der Waals surface area (Å²) in [6.45, 7) is 3.06. The van der Waals surface area contributed by atoms with Gasteiger partial charge >= 0.3 is 0 Å². The van der Waals surface area contributed by atoms with Crippen molar-refractivity contribution in [3.05, 3.63) is 34.6 Å². The average molecular weight is 265 g/mol. The van der Waals surface area contributed by atoms with E-state index in [0.717, 1.165) is 35.9 Å². The molecule has 1 aromatic heterocycles. The van der Waals surface area contributed by atoms with Gasteiger partial charge in [0, 0.05) is 13.2 Å². The third-order valence-electron chi connectivity index (χ3n) is 3.21. The zero-order valence-electron chi connectivity index (χ0n) is 10.6. The third-order valence-corrected chi connectivity index (χ3v) is 4.30. The lowest BCUT2D eigenvalue weighted by Crippen LogP contribution is -2.19. The highest BCUT2D eigenvalue weighted by molar-refractivity contribution is 7.13. The Bertz CT molecular complexity index is 552. The van der Waals surface area contributed by atoms with Gasteiger partial charge in [-0.25, -0.2) is 0 Å². The van der Waals surface area contributed by atoms with E-state index >= 15 is 0 Å². The van der Waals surface area contributed by atoms with Crippen molar-refractivity contribution in [1.82, 2.24) is 3.96 Å². The lowest BCUT2D eigenvalue weighted by atomic mass is 10.0. The van der Waals surface area contributed by atoms with E-state index in [0.29, 0.717) is 5.92 Å². The second-order valence-corrected chi connectivity index (χ2v) is 5.68. The molecule has 0 saturated carbocycles. The maximum atomic E-state index is 12.2. The molecule has 0 spiro atoms. The smallest absolute Gasteiger partial charge is 0.268 e. The Morgan fingerprint density at radius 2 is 2.11 bits per heavy atom. The number of fused-ring (bicyclic) bond motifs is 1. The summed E-state index contributed by atoms with van der Waals surface area (Å²) >= 11 is 1.53. The maximum Gasteiger partial charge on any atom is 0.268 e. The van der Waals surface area contributed by atoms with Gasteiger partial charge in [-0.15, -0.1) is 0 Å². The fraction of sp³-hybridized carbons (Fsp3) is 0.500. The minimum atomic E-state index is 0.106. The number of benzene rings is 1. The zero-order chi connectivity index (χ0) is 13.0. The molecule has 0 radical (unpaired) electrons. The van der Waals surface area contributed by atoms with E-state index in [2.05, 4.69) is 6.92 Å². The summed E-state index contributed by atoms with van der Waals surface area (Å²) in [5.41, 5.74) is 0.106. The lowest BCUT2D eigenvalue weighted by Gasteiger charge is -2.14. The molecule has 0 aliphatic carbocycles. The second kappa shape index (κ2) is 6.16. The molecule has 0 amide bonds.